The second kappa shape index (κ2) is 7.29. The van der Waals surface area contributed by atoms with Gasteiger partial charge in [0.15, 0.2) is 0 Å². The van der Waals surface area contributed by atoms with E-state index in [4.69, 9.17) is 11.6 Å². The maximum absolute atomic E-state index is 12.5. The molecule has 0 radical (unpaired) electrons. The number of hydrogen-bond acceptors (Lipinski definition) is 6. The van der Waals surface area contributed by atoms with Crippen molar-refractivity contribution in [3.8, 4) is 0 Å². The molecule has 2 N–H and O–H groups in total. The molecule has 1 fully saturated rings. The number of rotatable bonds is 3. The molecule has 8 nitrogen and oxygen atoms in total. The van der Waals surface area contributed by atoms with Crippen molar-refractivity contribution in [1.29, 1.82) is 0 Å². The van der Waals surface area contributed by atoms with E-state index in [1.807, 2.05) is 12.1 Å². The Labute approximate surface area is 167 Å². The predicted octanol–water partition coefficient (Wildman–Crippen LogP) is 2.86. The molecular weight excluding hydrogens is 382 g/mol. The topological polar surface area (TPSA) is 89.0 Å². The van der Waals surface area contributed by atoms with Crippen molar-refractivity contribution in [3.05, 3.63) is 46.6 Å². The quantitative estimate of drug-likeness (QED) is 0.817. The summed E-state index contributed by atoms with van der Waals surface area (Å²) in [6.07, 6.45) is 0.507. The van der Waals surface area contributed by atoms with Crippen LogP contribution in [0, 0.1) is 0 Å². The number of hydrogen-bond donors (Lipinski definition) is 2. The van der Waals surface area contributed by atoms with Crippen molar-refractivity contribution in [2.45, 2.75) is 6.54 Å². The zero-order valence-electron chi connectivity index (χ0n) is 15.4. The summed E-state index contributed by atoms with van der Waals surface area (Å²) < 4.78 is 0. The third-order valence-corrected chi connectivity index (χ3v) is 5.50. The Hall–Kier alpha value is -2.84. The van der Waals surface area contributed by atoms with E-state index in [2.05, 4.69) is 27.1 Å². The summed E-state index contributed by atoms with van der Waals surface area (Å²) >= 11 is 6.17. The molecule has 0 bridgehead atoms. The van der Waals surface area contributed by atoms with Crippen LogP contribution in [0.5, 0.6) is 0 Å². The zero-order valence-corrected chi connectivity index (χ0v) is 16.1. The first-order chi connectivity index (χ1) is 13.4. The fraction of sp³-hybridized carbons (Fsp3) is 0.316. The SMILES string of the molecule is CN1CCN(c2ccc(Nc3ccc(Cl)c4c3C(=O)N(C(=O)O)C4)nc2)CC1. The number of carboxylic acid groups (broad SMARTS) is 1. The number of benzene rings is 1. The van der Waals surface area contributed by atoms with Gasteiger partial charge >= 0.3 is 6.09 Å². The minimum atomic E-state index is -1.29. The van der Waals surface area contributed by atoms with Crippen molar-refractivity contribution in [2.24, 2.45) is 0 Å². The van der Waals surface area contributed by atoms with E-state index in [-0.39, 0.29) is 12.1 Å². The first-order valence-electron chi connectivity index (χ1n) is 8.97. The molecule has 1 saturated heterocycles. The van der Waals surface area contributed by atoms with E-state index in [9.17, 15) is 14.7 Å². The summed E-state index contributed by atoms with van der Waals surface area (Å²) in [5, 5.41) is 12.7. The van der Waals surface area contributed by atoms with Gasteiger partial charge in [-0.05, 0) is 31.3 Å². The average molecular weight is 402 g/mol. The fourth-order valence-electron chi connectivity index (χ4n) is 3.49. The van der Waals surface area contributed by atoms with Crippen LogP contribution < -0.4 is 10.2 Å². The molecule has 4 rings (SSSR count). The van der Waals surface area contributed by atoms with Crippen LogP contribution in [0.25, 0.3) is 0 Å². The van der Waals surface area contributed by atoms with E-state index in [1.165, 1.54) is 0 Å². The van der Waals surface area contributed by atoms with E-state index in [0.29, 0.717) is 22.1 Å². The van der Waals surface area contributed by atoms with Crippen LogP contribution in [0.3, 0.4) is 0 Å². The van der Waals surface area contributed by atoms with Gasteiger partial charge < -0.3 is 20.2 Å². The molecule has 0 unspecified atom stereocenters. The molecule has 0 aliphatic carbocycles. The number of halogens is 1. The summed E-state index contributed by atoms with van der Waals surface area (Å²) in [5.41, 5.74) is 2.33. The third-order valence-electron chi connectivity index (χ3n) is 5.14. The molecule has 28 heavy (non-hydrogen) atoms. The number of anilines is 3. The second-order valence-electron chi connectivity index (χ2n) is 6.94. The van der Waals surface area contributed by atoms with Gasteiger partial charge in [-0.2, -0.15) is 0 Å². The average Bonchev–Trinajstić information content (AvgIpc) is 3.04. The molecule has 0 saturated carbocycles. The summed E-state index contributed by atoms with van der Waals surface area (Å²) in [6.45, 7) is 3.89. The number of piperazine rings is 1. The molecule has 0 atom stereocenters. The maximum Gasteiger partial charge on any atom is 0.414 e. The highest BCUT2D eigenvalue weighted by atomic mass is 35.5. The van der Waals surface area contributed by atoms with Crippen LogP contribution in [-0.4, -0.2) is 65.1 Å². The van der Waals surface area contributed by atoms with Crippen LogP contribution in [0.15, 0.2) is 30.5 Å². The van der Waals surface area contributed by atoms with Crippen molar-refractivity contribution >= 4 is 40.8 Å². The van der Waals surface area contributed by atoms with Gasteiger partial charge in [-0.3, -0.25) is 4.79 Å². The van der Waals surface area contributed by atoms with Gasteiger partial charge in [0.2, 0.25) is 0 Å². The number of fused-ring (bicyclic) bond motifs is 1. The third kappa shape index (κ3) is 3.36. The highest BCUT2D eigenvalue weighted by Gasteiger charge is 2.35. The molecule has 1 aromatic carbocycles. The van der Waals surface area contributed by atoms with Gasteiger partial charge in [-0.15, -0.1) is 0 Å². The summed E-state index contributed by atoms with van der Waals surface area (Å²) in [4.78, 5) is 33.6. The Morgan fingerprint density at radius 3 is 2.57 bits per heavy atom. The van der Waals surface area contributed by atoms with E-state index >= 15 is 0 Å². The molecule has 2 aromatic rings. The maximum atomic E-state index is 12.5. The minimum Gasteiger partial charge on any atom is -0.465 e. The molecule has 1 aromatic heterocycles. The van der Waals surface area contributed by atoms with Gasteiger partial charge in [0.05, 0.1) is 29.7 Å². The predicted molar refractivity (Wildman–Crippen MR) is 107 cm³/mol. The highest BCUT2D eigenvalue weighted by Crippen LogP contribution is 2.35. The second-order valence-corrected chi connectivity index (χ2v) is 7.35. The molecular formula is C19H20ClN5O3. The number of pyridine rings is 1. The summed E-state index contributed by atoms with van der Waals surface area (Å²) in [6, 6.07) is 7.16. The number of imide groups is 1. The van der Waals surface area contributed by atoms with Crippen LogP contribution in [0.4, 0.5) is 22.0 Å². The Morgan fingerprint density at radius 2 is 1.93 bits per heavy atom. The van der Waals surface area contributed by atoms with E-state index in [1.54, 1.807) is 18.3 Å². The Bertz CT molecular complexity index is 926. The Kier molecular flexibility index (Phi) is 4.82. The number of aromatic nitrogens is 1. The normalized spacial score (nSPS) is 17.0. The van der Waals surface area contributed by atoms with Crippen molar-refractivity contribution in [1.82, 2.24) is 14.8 Å². The molecule has 2 aliphatic rings. The number of amides is 2. The lowest BCUT2D eigenvalue weighted by Crippen LogP contribution is -2.44. The van der Waals surface area contributed by atoms with Gasteiger partial charge in [0.25, 0.3) is 5.91 Å². The molecule has 0 spiro atoms. The van der Waals surface area contributed by atoms with E-state index < -0.39 is 12.0 Å². The fourth-order valence-corrected chi connectivity index (χ4v) is 3.71. The van der Waals surface area contributed by atoms with Crippen molar-refractivity contribution in [3.63, 3.8) is 0 Å². The number of carbonyl (C=O) groups excluding carboxylic acids is 1. The Morgan fingerprint density at radius 1 is 1.18 bits per heavy atom. The van der Waals surface area contributed by atoms with Crippen LogP contribution >= 0.6 is 11.6 Å². The number of carbonyl (C=O) groups is 2. The first kappa shape index (κ1) is 18.5. The van der Waals surface area contributed by atoms with Gasteiger partial charge in [-0.1, -0.05) is 11.6 Å². The van der Waals surface area contributed by atoms with Gasteiger partial charge in [0, 0.05) is 36.8 Å². The van der Waals surface area contributed by atoms with Crippen LogP contribution in [-0.2, 0) is 6.54 Å². The lowest BCUT2D eigenvalue weighted by Gasteiger charge is -2.33. The molecule has 2 aliphatic heterocycles. The zero-order chi connectivity index (χ0) is 19.8. The number of likely N-dealkylation sites (N-methyl/N-ethyl adjacent to an activating group) is 1. The lowest BCUT2D eigenvalue weighted by atomic mass is 10.1. The molecule has 9 heteroatoms. The monoisotopic (exact) mass is 401 g/mol. The van der Waals surface area contributed by atoms with Crippen molar-refractivity contribution in [2.75, 3.05) is 43.4 Å². The van der Waals surface area contributed by atoms with E-state index in [0.717, 1.165) is 36.8 Å². The van der Waals surface area contributed by atoms with Gasteiger partial charge in [-0.25, -0.2) is 14.7 Å². The molecule has 146 valence electrons. The summed E-state index contributed by atoms with van der Waals surface area (Å²) in [7, 11) is 2.11. The van der Waals surface area contributed by atoms with Gasteiger partial charge in [0.1, 0.15) is 5.82 Å². The molecule has 2 amide bonds. The minimum absolute atomic E-state index is 0.0480. The molecule has 3 heterocycles. The first-order valence-corrected chi connectivity index (χ1v) is 9.34. The lowest BCUT2D eigenvalue weighted by molar-refractivity contribution is 0.0764. The largest absolute Gasteiger partial charge is 0.465 e. The smallest absolute Gasteiger partial charge is 0.414 e. The Balaban J connectivity index is 1.55. The summed E-state index contributed by atoms with van der Waals surface area (Å²) in [5.74, 6) is -0.00877. The standard InChI is InChI=1S/C19H20ClN5O3/c1-23-6-8-24(9-7-23)12-2-5-16(21-10-12)22-15-4-3-14(20)13-11-25(19(27)28)18(26)17(13)15/h2-5,10H,6-9,11H2,1H3,(H,21,22)(H,27,28). The number of nitrogens with zero attached hydrogens (tertiary/aromatic N) is 4. The number of nitrogens with one attached hydrogen (secondary N) is 1. The van der Waals surface area contributed by atoms with Crippen LogP contribution in [0.1, 0.15) is 15.9 Å². The highest BCUT2D eigenvalue weighted by molar-refractivity contribution is 6.32. The van der Waals surface area contributed by atoms with Crippen LogP contribution in [0.2, 0.25) is 5.02 Å². The van der Waals surface area contributed by atoms with Crippen molar-refractivity contribution < 1.29 is 14.7 Å².